The van der Waals surface area contributed by atoms with Crippen LogP contribution in [0.2, 0.25) is 5.02 Å². The van der Waals surface area contributed by atoms with E-state index in [1.165, 1.54) is 0 Å². The van der Waals surface area contributed by atoms with E-state index >= 15 is 0 Å². The van der Waals surface area contributed by atoms with Crippen molar-refractivity contribution in [3.63, 3.8) is 0 Å². The minimum absolute atomic E-state index is 0.0591. The molecule has 0 spiro atoms. The Bertz CT molecular complexity index is 530. The summed E-state index contributed by atoms with van der Waals surface area (Å²) in [5.41, 5.74) is -0.481. The number of hydrogen-bond acceptors (Lipinski definition) is 3. The lowest BCUT2D eigenvalue weighted by molar-refractivity contribution is 0.0276. The Morgan fingerprint density at radius 1 is 1.43 bits per heavy atom. The fourth-order valence-electron chi connectivity index (χ4n) is 2.07. The molecule has 0 saturated carbocycles. The van der Waals surface area contributed by atoms with Gasteiger partial charge in [0.05, 0.1) is 11.6 Å². The molecule has 1 aromatic carbocycles. The summed E-state index contributed by atoms with van der Waals surface area (Å²) in [7, 11) is 0. The number of carbonyl (C=O) groups excluding carboxylic acids is 1. The van der Waals surface area contributed by atoms with Gasteiger partial charge in [0.1, 0.15) is 17.5 Å². The number of benzene rings is 1. The minimum Gasteiger partial charge on any atom is -0.487 e. The van der Waals surface area contributed by atoms with Gasteiger partial charge in [-0.1, -0.05) is 27.5 Å². The van der Waals surface area contributed by atoms with Crippen molar-refractivity contribution in [1.29, 1.82) is 0 Å². The van der Waals surface area contributed by atoms with Gasteiger partial charge in [-0.15, -0.1) is 0 Å². The van der Waals surface area contributed by atoms with Crippen molar-refractivity contribution >= 4 is 33.6 Å². The van der Waals surface area contributed by atoms with Crippen molar-refractivity contribution in [2.75, 3.05) is 13.1 Å². The van der Waals surface area contributed by atoms with Crippen molar-refractivity contribution in [3.05, 3.63) is 27.7 Å². The van der Waals surface area contributed by atoms with E-state index < -0.39 is 5.60 Å². The molecule has 1 aliphatic rings. The van der Waals surface area contributed by atoms with Crippen LogP contribution in [-0.4, -0.2) is 35.8 Å². The molecule has 1 aromatic rings. The average molecular weight is 377 g/mol. The lowest BCUT2D eigenvalue weighted by Gasteiger charge is -2.24. The maximum absolute atomic E-state index is 12.0. The summed E-state index contributed by atoms with van der Waals surface area (Å²) in [6.45, 7) is 6.72. The van der Waals surface area contributed by atoms with Gasteiger partial charge in [0.15, 0.2) is 0 Å². The molecular formula is C15H19BrClNO3. The van der Waals surface area contributed by atoms with Gasteiger partial charge in [-0.2, -0.15) is 0 Å². The fraction of sp³-hybridized carbons (Fsp3) is 0.533. The van der Waals surface area contributed by atoms with Crippen LogP contribution in [0.4, 0.5) is 4.79 Å². The first kappa shape index (κ1) is 16.4. The van der Waals surface area contributed by atoms with Crippen molar-refractivity contribution < 1.29 is 14.3 Å². The van der Waals surface area contributed by atoms with E-state index in [1.807, 2.05) is 32.9 Å². The zero-order chi connectivity index (χ0) is 15.6. The Balaban J connectivity index is 1.92. The molecular weight excluding hydrogens is 358 g/mol. The van der Waals surface area contributed by atoms with Crippen LogP contribution in [0.25, 0.3) is 0 Å². The Kier molecular flexibility index (Phi) is 5.04. The molecule has 2 rings (SSSR count). The molecule has 0 aromatic heterocycles. The number of carbonyl (C=O) groups is 1. The van der Waals surface area contributed by atoms with Crippen LogP contribution in [-0.2, 0) is 4.74 Å². The molecule has 1 saturated heterocycles. The first-order chi connectivity index (χ1) is 9.74. The van der Waals surface area contributed by atoms with E-state index in [4.69, 9.17) is 21.1 Å². The smallest absolute Gasteiger partial charge is 0.410 e. The van der Waals surface area contributed by atoms with Crippen molar-refractivity contribution in [3.8, 4) is 5.75 Å². The highest BCUT2D eigenvalue weighted by atomic mass is 79.9. The summed E-state index contributed by atoms with van der Waals surface area (Å²) < 4.78 is 12.1. The third-order valence-corrected chi connectivity index (χ3v) is 3.77. The number of nitrogens with zero attached hydrogens (tertiary/aromatic N) is 1. The predicted octanol–water partition coefficient (Wildman–Crippen LogP) is 4.49. The highest BCUT2D eigenvalue weighted by Gasteiger charge is 2.31. The number of halogens is 2. The minimum atomic E-state index is -0.481. The fourth-order valence-corrected chi connectivity index (χ4v) is 2.79. The third kappa shape index (κ3) is 4.78. The predicted molar refractivity (Wildman–Crippen MR) is 86.0 cm³/mol. The van der Waals surface area contributed by atoms with E-state index in [2.05, 4.69) is 15.9 Å². The molecule has 116 valence electrons. The maximum Gasteiger partial charge on any atom is 0.410 e. The largest absolute Gasteiger partial charge is 0.487 e. The van der Waals surface area contributed by atoms with E-state index in [1.54, 1.807) is 11.0 Å². The summed E-state index contributed by atoms with van der Waals surface area (Å²) >= 11 is 9.49. The van der Waals surface area contributed by atoms with Gasteiger partial charge >= 0.3 is 6.09 Å². The standard InChI is InChI=1S/C15H19BrClNO3/c1-15(2,3)21-14(19)18-7-6-11(9-18)20-13-5-4-10(16)8-12(13)17/h4-5,8,11H,6-7,9H2,1-3H3/t11-/m0/s1. The van der Waals surface area contributed by atoms with E-state index in [0.29, 0.717) is 23.9 Å². The Morgan fingerprint density at radius 3 is 2.76 bits per heavy atom. The summed E-state index contributed by atoms with van der Waals surface area (Å²) in [5.74, 6) is 0.635. The monoisotopic (exact) mass is 375 g/mol. The van der Waals surface area contributed by atoms with Gasteiger partial charge in [0.25, 0.3) is 0 Å². The zero-order valence-electron chi connectivity index (χ0n) is 12.4. The molecule has 1 amide bonds. The molecule has 0 N–H and O–H groups in total. The van der Waals surface area contributed by atoms with Crippen LogP contribution in [0.5, 0.6) is 5.75 Å². The van der Waals surface area contributed by atoms with Crippen LogP contribution in [0.15, 0.2) is 22.7 Å². The molecule has 6 heteroatoms. The van der Waals surface area contributed by atoms with Crippen LogP contribution >= 0.6 is 27.5 Å². The van der Waals surface area contributed by atoms with E-state index in [0.717, 1.165) is 10.9 Å². The van der Waals surface area contributed by atoms with Gasteiger partial charge in [-0.05, 0) is 39.0 Å². The van der Waals surface area contributed by atoms with Gasteiger partial charge in [0.2, 0.25) is 0 Å². The quantitative estimate of drug-likeness (QED) is 0.763. The van der Waals surface area contributed by atoms with Gasteiger partial charge in [-0.25, -0.2) is 4.79 Å². The van der Waals surface area contributed by atoms with E-state index in [-0.39, 0.29) is 12.2 Å². The SMILES string of the molecule is CC(C)(C)OC(=O)N1CC[C@H](Oc2ccc(Br)cc2Cl)C1. The Morgan fingerprint density at radius 2 is 2.14 bits per heavy atom. The molecule has 1 atom stereocenters. The normalized spacial score (nSPS) is 18.7. The molecule has 0 bridgehead atoms. The summed E-state index contributed by atoms with van der Waals surface area (Å²) in [4.78, 5) is 13.7. The Labute approximate surface area is 138 Å². The first-order valence-corrected chi connectivity index (χ1v) is 8.01. The topological polar surface area (TPSA) is 38.8 Å². The lowest BCUT2D eigenvalue weighted by atomic mass is 10.2. The molecule has 21 heavy (non-hydrogen) atoms. The highest BCUT2D eigenvalue weighted by Crippen LogP contribution is 2.30. The molecule has 0 aliphatic carbocycles. The Hall–Kier alpha value is -0.940. The molecule has 0 unspecified atom stereocenters. The van der Waals surface area contributed by atoms with Crippen LogP contribution < -0.4 is 4.74 Å². The molecule has 1 aliphatic heterocycles. The first-order valence-electron chi connectivity index (χ1n) is 6.84. The molecule has 0 radical (unpaired) electrons. The van der Waals surface area contributed by atoms with Gasteiger partial charge in [0, 0.05) is 17.4 Å². The molecule has 1 fully saturated rings. The number of hydrogen-bond donors (Lipinski definition) is 0. The number of amides is 1. The zero-order valence-corrected chi connectivity index (χ0v) is 14.7. The second-order valence-electron chi connectivity index (χ2n) is 6.03. The molecule has 1 heterocycles. The van der Waals surface area contributed by atoms with E-state index in [9.17, 15) is 4.79 Å². The molecule has 4 nitrogen and oxygen atoms in total. The summed E-state index contributed by atoms with van der Waals surface area (Å²) in [6.07, 6.45) is 0.415. The highest BCUT2D eigenvalue weighted by molar-refractivity contribution is 9.10. The summed E-state index contributed by atoms with van der Waals surface area (Å²) in [6, 6.07) is 5.49. The van der Waals surface area contributed by atoms with Crippen molar-refractivity contribution in [1.82, 2.24) is 4.90 Å². The summed E-state index contributed by atoms with van der Waals surface area (Å²) in [5, 5.41) is 0.556. The number of rotatable bonds is 2. The number of likely N-dealkylation sites (tertiary alicyclic amines) is 1. The van der Waals surface area contributed by atoms with Gasteiger partial charge in [-0.3, -0.25) is 0 Å². The second-order valence-corrected chi connectivity index (χ2v) is 7.35. The van der Waals surface area contributed by atoms with Gasteiger partial charge < -0.3 is 14.4 Å². The second kappa shape index (κ2) is 6.44. The van der Waals surface area contributed by atoms with Crippen LogP contribution in [0, 0.1) is 0 Å². The average Bonchev–Trinajstić information content (AvgIpc) is 2.79. The van der Waals surface area contributed by atoms with Crippen molar-refractivity contribution in [2.24, 2.45) is 0 Å². The van der Waals surface area contributed by atoms with Crippen LogP contribution in [0.1, 0.15) is 27.2 Å². The third-order valence-electron chi connectivity index (χ3n) is 2.98. The lowest BCUT2D eigenvalue weighted by Crippen LogP contribution is -2.36. The maximum atomic E-state index is 12.0. The van der Waals surface area contributed by atoms with Crippen molar-refractivity contribution in [2.45, 2.75) is 38.9 Å². The van der Waals surface area contributed by atoms with Crippen LogP contribution in [0.3, 0.4) is 0 Å². The number of ether oxygens (including phenoxy) is 2.